The zero-order chi connectivity index (χ0) is 24.9. The number of benzene rings is 3. The predicted molar refractivity (Wildman–Crippen MR) is 142 cm³/mol. The fourth-order valence-electron chi connectivity index (χ4n) is 4.28. The van der Waals surface area contributed by atoms with Gasteiger partial charge in [-0.2, -0.15) is 0 Å². The van der Waals surface area contributed by atoms with Crippen molar-refractivity contribution in [2.75, 3.05) is 44.2 Å². The molecule has 1 aliphatic rings. The Morgan fingerprint density at radius 2 is 1.69 bits per heavy atom. The largest absolute Gasteiger partial charge is 0.493 e. The Balaban J connectivity index is 1.36. The van der Waals surface area contributed by atoms with Gasteiger partial charge in [0.25, 0.3) is 5.91 Å². The molecule has 1 amide bonds. The highest BCUT2D eigenvalue weighted by Crippen LogP contribution is 2.35. The fraction of sp³-hybridized carbons (Fsp3) is 0.250. The summed E-state index contributed by atoms with van der Waals surface area (Å²) in [5.74, 6) is 1.37. The number of rotatable bonds is 9. The number of methoxy groups -OCH3 is 2. The molecule has 0 spiro atoms. The van der Waals surface area contributed by atoms with Gasteiger partial charge in [-0.3, -0.25) is 4.79 Å². The molecule has 0 aromatic heterocycles. The number of allylic oxidation sites excluding steroid dienone is 1. The van der Waals surface area contributed by atoms with E-state index in [9.17, 15) is 4.79 Å². The van der Waals surface area contributed by atoms with Gasteiger partial charge < -0.3 is 30.7 Å². The van der Waals surface area contributed by atoms with Crippen LogP contribution >= 0.6 is 0 Å². The van der Waals surface area contributed by atoms with Crippen LogP contribution in [0.4, 0.5) is 17.1 Å². The maximum atomic E-state index is 12.5. The summed E-state index contributed by atoms with van der Waals surface area (Å²) in [6.07, 6.45) is 0.914. The number of nitrogens with zero attached hydrogens (tertiary/aromatic N) is 1. The van der Waals surface area contributed by atoms with Crippen molar-refractivity contribution in [3.05, 3.63) is 83.1 Å². The summed E-state index contributed by atoms with van der Waals surface area (Å²) in [7, 11) is 5.41. The summed E-state index contributed by atoms with van der Waals surface area (Å²) >= 11 is 0. The topological polar surface area (TPSA) is 88.9 Å². The lowest BCUT2D eigenvalue weighted by molar-refractivity contribution is -0.110. The first-order valence-electron chi connectivity index (χ1n) is 11.6. The molecule has 0 bridgehead atoms. The molecule has 0 aliphatic carbocycles. The molecule has 35 heavy (non-hydrogen) atoms. The number of likely N-dealkylation sites (N-methyl/N-ethyl adjacent to an activating group) is 1. The molecule has 1 heterocycles. The molecule has 0 radical (unpaired) electrons. The van der Waals surface area contributed by atoms with E-state index >= 15 is 0 Å². The molecule has 182 valence electrons. The van der Waals surface area contributed by atoms with Crippen LogP contribution in [0.25, 0.3) is 5.57 Å². The lowest BCUT2D eigenvalue weighted by Crippen LogP contribution is -2.20. The van der Waals surface area contributed by atoms with Crippen molar-refractivity contribution in [2.45, 2.75) is 19.9 Å². The zero-order valence-electron chi connectivity index (χ0n) is 20.6. The Morgan fingerprint density at radius 3 is 2.40 bits per heavy atom. The molecule has 0 saturated carbocycles. The van der Waals surface area contributed by atoms with Crippen LogP contribution in [0.3, 0.4) is 0 Å². The van der Waals surface area contributed by atoms with Gasteiger partial charge in [0, 0.05) is 41.4 Å². The first-order valence-corrected chi connectivity index (χ1v) is 11.6. The highest BCUT2D eigenvalue weighted by atomic mass is 16.5. The van der Waals surface area contributed by atoms with Crippen LogP contribution in [0.2, 0.25) is 0 Å². The molecule has 1 aliphatic heterocycles. The normalized spacial score (nSPS) is 13.9. The van der Waals surface area contributed by atoms with Gasteiger partial charge >= 0.3 is 0 Å². The molecule has 0 atom stereocenters. The van der Waals surface area contributed by atoms with Crippen molar-refractivity contribution in [3.63, 3.8) is 0 Å². The average Bonchev–Trinajstić information content (AvgIpc) is 3.18. The molecule has 7 heteroatoms. The third-order valence-electron chi connectivity index (χ3n) is 6.13. The summed E-state index contributed by atoms with van der Waals surface area (Å²) < 4.78 is 10.7. The summed E-state index contributed by atoms with van der Waals surface area (Å²) in [6, 6.07) is 19.8. The Morgan fingerprint density at radius 1 is 0.971 bits per heavy atom. The molecular formula is C28H32N4O3. The maximum Gasteiger partial charge on any atom is 0.258 e. The monoisotopic (exact) mass is 472 g/mol. The number of carbonyl (C=O) groups excluding carboxylic acids is 1. The van der Waals surface area contributed by atoms with Crippen LogP contribution in [-0.2, 0) is 17.8 Å². The van der Waals surface area contributed by atoms with Crippen LogP contribution in [-0.4, -0.2) is 38.6 Å². The highest BCUT2D eigenvalue weighted by Gasteiger charge is 2.26. The molecule has 4 rings (SSSR count). The minimum atomic E-state index is -0.122. The van der Waals surface area contributed by atoms with E-state index in [1.54, 1.807) is 20.3 Å². The number of hydrogen-bond acceptors (Lipinski definition) is 6. The van der Waals surface area contributed by atoms with Crippen molar-refractivity contribution in [1.29, 1.82) is 0 Å². The Labute approximate surface area is 206 Å². The standard InChI is InChI=1S/C28H32N4O3/c1-18(27-23-16-21(29)8-11-24(23)31-28(27)33)30-22-9-5-20(6-10-22)17-32(2)14-13-19-7-12-25(34-3)26(15-19)35-4/h5-12,15-16,30H,13-14,17,29H2,1-4H3,(H,31,33). The third kappa shape index (κ3) is 5.58. The van der Waals surface area contributed by atoms with Crippen molar-refractivity contribution in [3.8, 4) is 11.5 Å². The van der Waals surface area contributed by atoms with Gasteiger partial charge in [0.15, 0.2) is 11.5 Å². The molecule has 0 unspecified atom stereocenters. The van der Waals surface area contributed by atoms with Gasteiger partial charge in [0.05, 0.1) is 19.8 Å². The summed E-state index contributed by atoms with van der Waals surface area (Å²) in [5, 5.41) is 6.26. The fourth-order valence-corrected chi connectivity index (χ4v) is 4.28. The van der Waals surface area contributed by atoms with E-state index in [0.29, 0.717) is 11.3 Å². The third-order valence-corrected chi connectivity index (χ3v) is 6.13. The van der Waals surface area contributed by atoms with Crippen LogP contribution in [0.5, 0.6) is 11.5 Å². The molecule has 4 N–H and O–H groups in total. The van der Waals surface area contributed by atoms with Crippen LogP contribution in [0.15, 0.2) is 66.4 Å². The lowest BCUT2D eigenvalue weighted by Gasteiger charge is -2.18. The number of nitrogens with two attached hydrogens (primary N) is 1. The first-order chi connectivity index (χ1) is 16.9. The Bertz CT molecular complexity index is 1250. The van der Waals surface area contributed by atoms with Gasteiger partial charge in [-0.25, -0.2) is 0 Å². The number of fused-ring (bicyclic) bond motifs is 1. The van der Waals surface area contributed by atoms with Crippen molar-refractivity contribution in [2.24, 2.45) is 0 Å². The molecule has 0 fully saturated rings. The van der Waals surface area contributed by atoms with Gasteiger partial charge in [-0.15, -0.1) is 0 Å². The molecule has 0 saturated heterocycles. The number of ether oxygens (including phenoxy) is 2. The summed E-state index contributed by atoms with van der Waals surface area (Å²) in [5.41, 5.74) is 12.9. The second-order valence-electron chi connectivity index (χ2n) is 8.76. The van der Waals surface area contributed by atoms with Crippen molar-refractivity contribution >= 4 is 28.5 Å². The van der Waals surface area contributed by atoms with E-state index in [2.05, 4.69) is 40.8 Å². The molecule has 7 nitrogen and oxygen atoms in total. The van der Waals surface area contributed by atoms with Crippen LogP contribution in [0.1, 0.15) is 23.6 Å². The zero-order valence-corrected chi connectivity index (χ0v) is 20.6. The first kappa shape index (κ1) is 24.2. The van der Waals surface area contributed by atoms with Crippen molar-refractivity contribution in [1.82, 2.24) is 4.90 Å². The molecule has 3 aromatic rings. The smallest absolute Gasteiger partial charge is 0.258 e. The lowest BCUT2D eigenvalue weighted by atomic mass is 10.0. The van der Waals surface area contributed by atoms with Gasteiger partial charge in [-0.05, 0) is 74.0 Å². The van der Waals surface area contributed by atoms with Gasteiger partial charge in [0.1, 0.15) is 0 Å². The maximum absolute atomic E-state index is 12.5. The number of anilines is 3. The van der Waals surface area contributed by atoms with Crippen LogP contribution < -0.4 is 25.8 Å². The average molecular weight is 473 g/mol. The van der Waals surface area contributed by atoms with Gasteiger partial charge in [0.2, 0.25) is 0 Å². The minimum Gasteiger partial charge on any atom is -0.493 e. The number of nitrogens with one attached hydrogen (secondary N) is 2. The number of carbonyl (C=O) groups is 1. The quantitative estimate of drug-likeness (QED) is 0.308. The number of hydrogen-bond donors (Lipinski definition) is 3. The minimum absolute atomic E-state index is 0.122. The van der Waals surface area contributed by atoms with E-state index in [1.807, 2.05) is 43.3 Å². The van der Waals surface area contributed by atoms with E-state index in [4.69, 9.17) is 15.2 Å². The van der Waals surface area contributed by atoms with E-state index < -0.39 is 0 Å². The van der Waals surface area contributed by atoms with Crippen LogP contribution in [0, 0.1) is 0 Å². The molecular weight excluding hydrogens is 440 g/mol. The second-order valence-corrected chi connectivity index (χ2v) is 8.76. The van der Waals surface area contributed by atoms with E-state index in [0.717, 1.165) is 53.6 Å². The molecule has 3 aromatic carbocycles. The second kappa shape index (κ2) is 10.5. The predicted octanol–water partition coefficient (Wildman–Crippen LogP) is 4.76. The number of nitrogen functional groups attached to an aromatic ring is 1. The SMILES string of the molecule is COc1ccc(CCN(C)Cc2ccc(NC(C)=C3C(=O)Nc4ccc(N)cc43)cc2)cc1OC. The van der Waals surface area contributed by atoms with Gasteiger partial charge in [-0.1, -0.05) is 18.2 Å². The Kier molecular flexibility index (Phi) is 7.27. The Hall–Kier alpha value is -3.97. The summed E-state index contributed by atoms with van der Waals surface area (Å²) in [4.78, 5) is 14.8. The van der Waals surface area contributed by atoms with E-state index in [-0.39, 0.29) is 5.91 Å². The van der Waals surface area contributed by atoms with Crippen molar-refractivity contribution < 1.29 is 14.3 Å². The summed E-state index contributed by atoms with van der Waals surface area (Å²) in [6.45, 7) is 3.66. The number of amides is 1. The van der Waals surface area contributed by atoms with E-state index in [1.165, 1.54) is 11.1 Å². The highest BCUT2D eigenvalue weighted by molar-refractivity contribution is 6.32.